The molecule has 9 heteroatoms. The fourth-order valence-corrected chi connectivity index (χ4v) is 2.88. The van der Waals surface area contributed by atoms with Gasteiger partial charge in [-0.1, -0.05) is 12.1 Å². The average molecular weight is 407 g/mol. The molecule has 0 aliphatic rings. The maximum atomic E-state index is 12.3. The van der Waals surface area contributed by atoms with E-state index in [9.17, 15) is 13.6 Å². The fraction of sp³-hybridized carbons (Fsp3) is 0.158. The zero-order chi connectivity index (χ0) is 19.9. The van der Waals surface area contributed by atoms with Crippen molar-refractivity contribution < 1.29 is 32.2 Å². The van der Waals surface area contributed by atoms with Crippen molar-refractivity contribution in [3.05, 3.63) is 59.3 Å². The SMILES string of the molecule is COc1cc(/C=C/C(=O)OCc2coc(-c3cccs3)n2)ccc1OC(F)F. The van der Waals surface area contributed by atoms with E-state index in [1.165, 1.54) is 55.1 Å². The zero-order valence-corrected chi connectivity index (χ0v) is 15.4. The lowest BCUT2D eigenvalue weighted by molar-refractivity contribution is -0.139. The quantitative estimate of drug-likeness (QED) is 0.396. The molecule has 6 nitrogen and oxygen atoms in total. The van der Waals surface area contributed by atoms with E-state index in [0.717, 1.165) is 4.88 Å². The van der Waals surface area contributed by atoms with E-state index >= 15 is 0 Å². The highest BCUT2D eigenvalue weighted by molar-refractivity contribution is 7.13. The topological polar surface area (TPSA) is 70.8 Å². The molecule has 0 saturated carbocycles. The molecule has 0 aliphatic heterocycles. The first-order chi connectivity index (χ1) is 13.5. The molecule has 2 heterocycles. The molecule has 0 fully saturated rings. The third-order valence-corrected chi connectivity index (χ3v) is 4.32. The lowest BCUT2D eigenvalue weighted by Gasteiger charge is -2.10. The summed E-state index contributed by atoms with van der Waals surface area (Å²) in [4.78, 5) is 17.0. The number of aromatic nitrogens is 1. The van der Waals surface area contributed by atoms with Gasteiger partial charge in [-0.2, -0.15) is 8.78 Å². The number of hydrogen-bond acceptors (Lipinski definition) is 7. The number of halogens is 2. The van der Waals surface area contributed by atoms with Gasteiger partial charge in [-0.15, -0.1) is 11.3 Å². The van der Waals surface area contributed by atoms with Crippen molar-refractivity contribution in [3.8, 4) is 22.3 Å². The summed E-state index contributed by atoms with van der Waals surface area (Å²) in [5.74, 6) is -0.0911. The highest BCUT2D eigenvalue weighted by Crippen LogP contribution is 2.30. The minimum Gasteiger partial charge on any atom is -0.493 e. The van der Waals surface area contributed by atoms with Crippen molar-refractivity contribution in [2.45, 2.75) is 13.2 Å². The second kappa shape index (κ2) is 9.14. The second-order valence-electron chi connectivity index (χ2n) is 5.35. The van der Waals surface area contributed by atoms with E-state index in [-0.39, 0.29) is 18.1 Å². The van der Waals surface area contributed by atoms with Crippen LogP contribution in [0, 0.1) is 0 Å². The molecule has 0 atom stereocenters. The van der Waals surface area contributed by atoms with Crippen molar-refractivity contribution in [2.24, 2.45) is 0 Å². The summed E-state index contributed by atoms with van der Waals surface area (Å²) in [5, 5.41) is 1.91. The Kier molecular flexibility index (Phi) is 6.38. The van der Waals surface area contributed by atoms with E-state index in [1.807, 2.05) is 17.5 Å². The number of thiophene rings is 1. The van der Waals surface area contributed by atoms with Gasteiger partial charge in [0.05, 0.1) is 12.0 Å². The Hall–Kier alpha value is -3.20. The molecular weight excluding hydrogens is 392 g/mol. The number of rotatable bonds is 8. The van der Waals surface area contributed by atoms with Crippen LogP contribution in [0.15, 0.2) is 52.5 Å². The first-order valence-electron chi connectivity index (χ1n) is 8.01. The minimum atomic E-state index is -2.96. The third kappa shape index (κ3) is 5.17. The minimum absolute atomic E-state index is 0.0392. The summed E-state index contributed by atoms with van der Waals surface area (Å²) >= 11 is 1.49. The van der Waals surface area contributed by atoms with Gasteiger partial charge < -0.3 is 18.6 Å². The van der Waals surface area contributed by atoms with Gasteiger partial charge in [-0.3, -0.25) is 0 Å². The predicted octanol–water partition coefficient (Wildman–Crippen LogP) is 4.77. The van der Waals surface area contributed by atoms with Gasteiger partial charge in [0, 0.05) is 6.08 Å². The van der Waals surface area contributed by atoms with Gasteiger partial charge in [0.1, 0.15) is 18.6 Å². The van der Waals surface area contributed by atoms with Crippen LogP contribution in [0.25, 0.3) is 16.8 Å². The van der Waals surface area contributed by atoms with Crippen molar-refractivity contribution in [1.29, 1.82) is 0 Å². The molecule has 3 aromatic rings. The van der Waals surface area contributed by atoms with Crippen LogP contribution in [0.5, 0.6) is 11.5 Å². The Labute approximate surface area is 163 Å². The van der Waals surface area contributed by atoms with Gasteiger partial charge >= 0.3 is 12.6 Å². The zero-order valence-electron chi connectivity index (χ0n) is 14.6. The molecule has 0 aliphatic carbocycles. The Bertz CT molecular complexity index is 953. The number of nitrogens with zero attached hydrogens (tertiary/aromatic N) is 1. The number of carbonyl (C=O) groups is 1. The summed E-state index contributed by atoms with van der Waals surface area (Å²) in [6.07, 6.45) is 4.11. The van der Waals surface area contributed by atoms with E-state index < -0.39 is 12.6 Å². The number of oxazole rings is 1. The van der Waals surface area contributed by atoms with Crippen molar-refractivity contribution in [2.75, 3.05) is 7.11 Å². The molecule has 1 aromatic carbocycles. The molecule has 146 valence electrons. The van der Waals surface area contributed by atoms with Gasteiger partial charge in [0.25, 0.3) is 0 Å². The number of hydrogen-bond donors (Lipinski definition) is 0. The number of carbonyl (C=O) groups excluding carboxylic acids is 1. The summed E-state index contributed by atoms with van der Waals surface area (Å²) in [6.45, 7) is -3.00. The van der Waals surface area contributed by atoms with E-state index in [1.54, 1.807) is 0 Å². The summed E-state index contributed by atoms with van der Waals surface area (Å²) < 4.78 is 44.5. The largest absolute Gasteiger partial charge is 0.493 e. The van der Waals surface area contributed by atoms with Crippen LogP contribution in [0.3, 0.4) is 0 Å². The maximum Gasteiger partial charge on any atom is 0.387 e. The van der Waals surface area contributed by atoms with E-state index in [0.29, 0.717) is 17.1 Å². The third-order valence-electron chi connectivity index (χ3n) is 3.46. The smallest absolute Gasteiger partial charge is 0.387 e. The van der Waals surface area contributed by atoms with E-state index in [2.05, 4.69) is 9.72 Å². The van der Waals surface area contributed by atoms with Gasteiger partial charge in [0.15, 0.2) is 11.5 Å². The first-order valence-corrected chi connectivity index (χ1v) is 8.89. The highest BCUT2D eigenvalue weighted by atomic mass is 32.1. The summed E-state index contributed by atoms with van der Waals surface area (Å²) in [7, 11) is 1.33. The molecule has 0 spiro atoms. The molecule has 0 saturated heterocycles. The van der Waals surface area contributed by atoms with Crippen LogP contribution in [0.4, 0.5) is 8.78 Å². The molecule has 28 heavy (non-hydrogen) atoms. The monoisotopic (exact) mass is 407 g/mol. The summed E-state index contributed by atoms with van der Waals surface area (Å²) in [5.41, 5.74) is 1.04. The lowest BCUT2D eigenvalue weighted by Crippen LogP contribution is -2.03. The van der Waals surface area contributed by atoms with Crippen LogP contribution in [0.1, 0.15) is 11.3 Å². The van der Waals surface area contributed by atoms with Gasteiger partial charge in [-0.25, -0.2) is 9.78 Å². The second-order valence-corrected chi connectivity index (χ2v) is 6.30. The van der Waals surface area contributed by atoms with Crippen molar-refractivity contribution >= 4 is 23.4 Å². The van der Waals surface area contributed by atoms with E-state index in [4.69, 9.17) is 13.9 Å². The van der Waals surface area contributed by atoms with Gasteiger partial charge in [-0.05, 0) is 35.2 Å². The maximum absolute atomic E-state index is 12.3. The highest BCUT2D eigenvalue weighted by Gasteiger charge is 2.11. The molecule has 0 amide bonds. The number of methoxy groups -OCH3 is 1. The normalized spacial score (nSPS) is 11.1. The number of ether oxygens (including phenoxy) is 3. The van der Waals surface area contributed by atoms with Crippen LogP contribution in [-0.2, 0) is 16.1 Å². The molecule has 0 bridgehead atoms. The van der Waals surface area contributed by atoms with Crippen LogP contribution in [-0.4, -0.2) is 24.7 Å². The molecule has 2 aromatic heterocycles. The molecule has 3 rings (SSSR count). The van der Waals surface area contributed by atoms with Crippen LogP contribution < -0.4 is 9.47 Å². The molecule has 0 radical (unpaired) electrons. The molecule has 0 N–H and O–H groups in total. The number of benzene rings is 1. The van der Waals surface area contributed by atoms with Crippen molar-refractivity contribution in [3.63, 3.8) is 0 Å². The van der Waals surface area contributed by atoms with Crippen molar-refractivity contribution in [1.82, 2.24) is 4.98 Å². The van der Waals surface area contributed by atoms with Crippen LogP contribution in [0.2, 0.25) is 0 Å². The lowest BCUT2D eigenvalue weighted by atomic mass is 10.2. The Morgan fingerprint density at radius 3 is 2.89 bits per heavy atom. The predicted molar refractivity (Wildman–Crippen MR) is 98.3 cm³/mol. The number of alkyl halides is 2. The Balaban J connectivity index is 1.56. The Morgan fingerprint density at radius 2 is 2.18 bits per heavy atom. The molecule has 0 unspecified atom stereocenters. The first kappa shape index (κ1) is 19.6. The number of esters is 1. The Morgan fingerprint density at radius 1 is 1.32 bits per heavy atom. The average Bonchev–Trinajstić information content (AvgIpc) is 3.36. The molecular formula is C19H15F2NO5S. The fourth-order valence-electron chi connectivity index (χ4n) is 2.23. The standard InChI is InChI=1S/C19H15F2NO5S/c1-24-15-9-12(4-6-14(15)27-19(20)21)5-7-17(23)25-10-13-11-26-18(22-13)16-3-2-8-28-16/h2-9,11,19H,10H2,1H3/b7-5+. The van der Waals surface area contributed by atoms with Gasteiger partial charge in [0.2, 0.25) is 5.89 Å². The summed E-state index contributed by atoms with van der Waals surface area (Å²) in [6, 6.07) is 8.07. The van der Waals surface area contributed by atoms with Crippen LogP contribution >= 0.6 is 11.3 Å².